The van der Waals surface area contributed by atoms with Crippen LogP contribution in [0.5, 0.6) is 0 Å². The van der Waals surface area contributed by atoms with E-state index in [1.807, 2.05) is 71.4 Å². The lowest BCUT2D eigenvalue weighted by Gasteiger charge is -2.41. The van der Waals surface area contributed by atoms with Gasteiger partial charge in [-0.2, -0.15) is 5.10 Å². The molecule has 1 aliphatic heterocycles. The van der Waals surface area contributed by atoms with Crippen molar-refractivity contribution in [3.8, 4) is 0 Å². The summed E-state index contributed by atoms with van der Waals surface area (Å²) >= 11 is 0. The molecular weight excluding hydrogens is 452 g/mol. The molecule has 1 saturated heterocycles. The number of hydrazine groups is 1. The summed E-state index contributed by atoms with van der Waals surface area (Å²) in [4.78, 5) is 29.9. The van der Waals surface area contributed by atoms with Crippen LogP contribution in [-0.4, -0.2) is 26.6 Å². The third-order valence-corrected chi connectivity index (χ3v) is 7.37. The van der Waals surface area contributed by atoms with Crippen molar-refractivity contribution in [2.75, 3.05) is 5.32 Å². The smallest absolute Gasteiger partial charge is 0.276 e. The van der Waals surface area contributed by atoms with Crippen LogP contribution in [-0.2, 0) is 11.3 Å². The molecule has 4 aromatic rings. The van der Waals surface area contributed by atoms with Crippen molar-refractivity contribution in [3.05, 3.63) is 89.9 Å². The topological polar surface area (TPSA) is 101 Å². The first-order valence-corrected chi connectivity index (χ1v) is 12.5. The number of hydrogen-bond donors (Lipinski definition) is 3. The highest BCUT2D eigenvalue weighted by atomic mass is 16.2. The Hall–Kier alpha value is -4.04. The van der Waals surface area contributed by atoms with E-state index in [9.17, 15) is 9.59 Å². The molecule has 2 aliphatic rings. The van der Waals surface area contributed by atoms with Crippen LogP contribution < -0.4 is 16.2 Å². The molecule has 6 rings (SSSR count). The van der Waals surface area contributed by atoms with Crippen LogP contribution in [0.15, 0.2) is 72.9 Å². The molecule has 0 bridgehead atoms. The van der Waals surface area contributed by atoms with Crippen LogP contribution in [0.3, 0.4) is 0 Å². The average Bonchev–Trinajstić information content (AvgIpc) is 3.29. The van der Waals surface area contributed by atoms with E-state index in [1.165, 1.54) is 0 Å². The third-order valence-electron chi connectivity index (χ3n) is 7.37. The summed E-state index contributed by atoms with van der Waals surface area (Å²) in [5, 5.41) is 8.44. The molecule has 0 radical (unpaired) electrons. The predicted octanol–water partition coefficient (Wildman–Crippen LogP) is 4.21. The number of aromatic nitrogens is 3. The molecule has 3 unspecified atom stereocenters. The van der Waals surface area contributed by atoms with E-state index in [0.717, 1.165) is 47.8 Å². The summed E-state index contributed by atoms with van der Waals surface area (Å²) in [6, 6.07) is 21.4. The van der Waals surface area contributed by atoms with E-state index < -0.39 is 0 Å². The second-order valence-corrected chi connectivity index (χ2v) is 9.59. The van der Waals surface area contributed by atoms with E-state index in [4.69, 9.17) is 0 Å². The number of para-hydroxylation sites is 1. The molecule has 2 aromatic carbocycles. The number of pyridine rings is 1. The van der Waals surface area contributed by atoms with E-state index in [2.05, 4.69) is 26.3 Å². The van der Waals surface area contributed by atoms with Crippen molar-refractivity contribution < 1.29 is 9.59 Å². The fourth-order valence-electron chi connectivity index (χ4n) is 5.59. The van der Waals surface area contributed by atoms with Crippen LogP contribution in [0.4, 0.5) is 5.69 Å². The van der Waals surface area contributed by atoms with Gasteiger partial charge in [-0.3, -0.25) is 24.7 Å². The van der Waals surface area contributed by atoms with Gasteiger partial charge in [-0.1, -0.05) is 49.2 Å². The molecule has 1 aliphatic carbocycles. The minimum absolute atomic E-state index is 0.0684. The predicted molar refractivity (Wildman–Crippen MR) is 137 cm³/mol. The fourth-order valence-corrected chi connectivity index (χ4v) is 5.59. The Morgan fingerprint density at radius 1 is 1.00 bits per heavy atom. The summed E-state index contributed by atoms with van der Waals surface area (Å²) in [5.41, 5.74) is 10.0. The molecule has 36 heavy (non-hydrogen) atoms. The van der Waals surface area contributed by atoms with Crippen molar-refractivity contribution in [2.45, 2.75) is 38.3 Å². The molecule has 3 N–H and O–H groups in total. The first-order chi connectivity index (χ1) is 17.7. The number of amides is 2. The summed E-state index contributed by atoms with van der Waals surface area (Å²) in [7, 11) is 0. The number of hydrogen-bond acceptors (Lipinski definition) is 5. The first-order valence-electron chi connectivity index (χ1n) is 12.5. The zero-order chi connectivity index (χ0) is 24.5. The van der Waals surface area contributed by atoms with Gasteiger partial charge in [-0.25, -0.2) is 5.43 Å². The number of nitrogens with one attached hydrogen (secondary N) is 3. The average molecular weight is 481 g/mol. The largest absolute Gasteiger partial charge is 0.321 e. The quantitative estimate of drug-likeness (QED) is 0.397. The first kappa shape index (κ1) is 22.4. The maximum atomic E-state index is 13.2. The highest BCUT2D eigenvalue weighted by Gasteiger charge is 2.40. The van der Waals surface area contributed by atoms with E-state index >= 15 is 0 Å². The molecule has 3 heterocycles. The van der Waals surface area contributed by atoms with Crippen molar-refractivity contribution in [1.29, 1.82) is 0 Å². The maximum absolute atomic E-state index is 13.2. The molecule has 2 fully saturated rings. The number of rotatable bonds is 5. The normalized spacial score (nSPS) is 21.6. The van der Waals surface area contributed by atoms with Crippen LogP contribution in [0.25, 0.3) is 10.9 Å². The highest BCUT2D eigenvalue weighted by Crippen LogP contribution is 2.40. The van der Waals surface area contributed by atoms with Crippen LogP contribution in [0.1, 0.15) is 53.5 Å². The van der Waals surface area contributed by atoms with Gasteiger partial charge in [0, 0.05) is 23.2 Å². The number of nitrogens with zero attached hydrogens (tertiary/aromatic N) is 3. The third kappa shape index (κ3) is 4.24. The van der Waals surface area contributed by atoms with Gasteiger partial charge in [0.25, 0.3) is 5.91 Å². The van der Waals surface area contributed by atoms with Crippen LogP contribution >= 0.6 is 0 Å². The zero-order valence-corrected chi connectivity index (χ0v) is 19.9. The Bertz CT molecular complexity index is 1400. The number of carbonyl (C=O) groups is 2. The number of fused-ring (bicyclic) bond motifs is 2. The Morgan fingerprint density at radius 2 is 1.81 bits per heavy atom. The van der Waals surface area contributed by atoms with Gasteiger partial charge in [0.05, 0.1) is 23.8 Å². The van der Waals surface area contributed by atoms with E-state index in [1.54, 1.807) is 6.20 Å². The van der Waals surface area contributed by atoms with Gasteiger partial charge in [-0.05, 0) is 54.7 Å². The molecule has 0 spiro atoms. The zero-order valence-electron chi connectivity index (χ0n) is 19.9. The van der Waals surface area contributed by atoms with Crippen molar-refractivity contribution in [1.82, 2.24) is 25.6 Å². The van der Waals surface area contributed by atoms with E-state index in [0.29, 0.717) is 23.8 Å². The molecule has 3 atom stereocenters. The van der Waals surface area contributed by atoms with E-state index in [-0.39, 0.29) is 23.8 Å². The molecule has 2 aromatic heterocycles. The molecule has 8 heteroatoms. The maximum Gasteiger partial charge on any atom is 0.276 e. The Labute approximate surface area is 209 Å². The van der Waals surface area contributed by atoms with Gasteiger partial charge in [-0.15, -0.1) is 0 Å². The SMILES string of the molecule is O=C(Nc1ccc(C2NNC(=O)C3CCCCC32)cc1)c1nn(Cc2ccccn2)c2ccccc12. The monoisotopic (exact) mass is 480 g/mol. The van der Waals surface area contributed by atoms with Crippen LogP contribution in [0, 0.1) is 11.8 Å². The molecule has 8 nitrogen and oxygen atoms in total. The van der Waals surface area contributed by atoms with Crippen molar-refractivity contribution >= 4 is 28.4 Å². The lowest BCUT2D eigenvalue weighted by Crippen LogP contribution is -2.55. The Balaban J connectivity index is 1.21. The van der Waals surface area contributed by atoms with Gasteiger partial charge in [0.1, 0.15) is 0 Å². The van der Waals surface area contributed by atoms with Crippen molar-refractivity contribution in [2.24, 2.45) is 11.8 Å². The van der Waals surface area contributed by atoms with Gasteiger partial charge in [0.2, 0.25) is 5.91 Å². The molecule has 182 valence electrons. The highest BCUT2D eigenvalue weighted by molar-refractivity contribution is 6.11. The van der Waals surface area contributed by atoms with Crippen molar-refractivity contribution in [3.63, 3.8) is 0 Å². The summed E-state index contributed by atoms with van der Waals surface area (Å²) in [6.45, 7) is 0.483. The molecular formula is C28H28N6O2. The summed E-state index contributed by atoms with van der Waals surface area (Å²) < 4.78 is 1.82. The summed E-state index contributed by atoms with van der Waals surface area (Å²) in [5.74, 6) is 0.213. The molecule has 1 saturated carbocycles. The standard InChI is InChI=1S/C28H28N6O2/c35-27-22-9-2-1-8-21(22)25(31-32-27)18-12-14-19(15-13-18)30-28(36)26-23-10-3-4-11-24(23)34(33-26)17-20-7-5-6-16-29-20/h3-7,10-16,21-22,25,31H,1-2,8-9,17H2,(H,30,36)(H,32,35). The summed E-state index contributed by atoms with van der Waals surface area (Å²) in [6.07, 6.45) is 6.01. The molecule has 2 amide bonds. The second-order valence-electron chi connectivity index (χ2n) is 9.59. The lowest BCUT2D eigenvalue weighted by atomic mass is 9.72. The van der Waals surface area contributed by atoms with Gasteiger partial charge < -0.3 is 5.32 Å². The van der Waals surface area contributed by atoms with Crippen LogP contribution in [0.2, 0.25) is 0 Å². The Kier molecular flexibility index (Phi) is 5.95. The second kappa shape index (κ2) is 9.54. The van der Waals surface area contributed by atoms with Gasteiger partial charge >= 0.3 is 0 Å². The Morgan fingerprint density at radius 3 is 2.64 bits per heavy atom. The van der Waals surface area contributed by atoms with Gasteiger partial charge in [0.15, 0.2) is 5.69 Å². The number of carbonyl (C=O) groups excluding carboxylic acids is 2. The fraction of sp³-hybridized carbons (Fsp3) is 0.286. The minimum Gasteiger partial charge on any atom is -0.321 e. The number of benzene rings is 2. The minimum atomic E-state index is -0.255. The number of anilines is 1. The lowest BCUT2D eigenvalue weighted by molar-refractivity contribution is -0.133.